The van der Waals surface area contributed by atoms with Crippen LogP contribution in [0.3, 0.4) is 0 Å². The number of rotatable bonds is 7. The molecule has 0 saturated heterocycles. The molecule has 0 saturated carbocycles. The fraction of sp³-hybridized carbons (Fsp3) is 0.333. The number of aromatic hydroxyl groups is 2. The number of phenolic OH excluding ortho intramolecular Hbond substituents is 2. The number of benzene rings is 5. The van der Waals surface area contributed by atoms with Gasteiger partial charge in [-0.2, -0.15) is 0 Å². The van der Waals surface area contributed by atoms with Crippen molar-refractivity contribution in [3.05, 3.63) is 119 Å². The van der Waals surface area contributed by atoms with Gasteiger partial charge in [0.05, 0.1) is 0 Å². The van der Waals surface area contributed by atoms with Gasteiger partial charge in [0.1, 0.15) is 11.5 Å². The predicted molar refractivity (Wildman–Crippen MR) is 201 cm³/mol. The predicted octanol–water partition coefficient (Wildman–Crippen LogP) is 12.4. The van der Waals surface area contributed by atoms with E-state index in [9.17, 15) is 10.2 Å². The van der Waals surface area contributed by atoms with Crippen molar-refractivity contribution in [2.24, 2.45) is 0 Å². The van der Waals surface area contributed by atoms with E-state index in [0.717, 1.165) is 38.6 Å². The number of fused-ring (bicyclic) bond motifs is 1. The molecule has 0 fully saturated rings. The van der Waals surface area contributed by atoms with Gasteiger partial charge in [0, 0.05) is 38.0 Å². The molecule has 5 aromatic carbocycles. The van der Waals surface area contributed by atoms with E-state index in [2.05, 4.69) is 153 Å². The lowest BCUT2D eigenvalue weighted by atomic mass is 9.79. The van der Waals surface area contributed by atoms with Crippen LogP contribution in [0.25, 0.3) is 21.9 Å². The van der Waals surface area contributed by atoms with E-state index in [-0.39, 0.29) is 16.2 Å². The summed E-state index contributed by atoms with van der Waals surface area (Å²) in [6.45, 7) is 19.8. The molecule has 0 spiro atoms. The Bertz CT molecular complexity index is 1860. The molecule has 0 heterocycles. The molecule has 0 atom stereocenters. The van der Waals surface area contributed by atoms with Gasteiger partial charge in [-0.25, -0.2) is 0 Å². The van der Waals surface area contributed by atoms with Gasteiger partial charge >= 0.3 is 0 Å². The van der Waals surface area contributed by atoms with Gasteiger partial charge in [-0.15, -0.1) is 23.5 Å². The summed E-state index contributed by atoms with van der Waals surface area (Å²) in [6, 6.07) is 31.9. The van der Waals surface area contributed by atoms with E-state index in [1.807, 2.05) is 0 Å². The maximum atomic E-state index is 11.8. The molecule has 5 rings (SSSR count). The zero-order valence-corrected chi connectivity index (χ0v) is 30.4. The second kappa shape index (κ2) is 13.0. The molecule has 0 amide bonds. The van der Waals surface area contributed by atoms with Gasteiger partial charge in [-0.1, -0.05) is 135 Å². The maximum absolute atomic E-state index is 11.8. The molecule has 0 aliphatic rings. The fourth-order valence-electron chi connectivity index (χ4n) is 5.71. The zero-order chi connectivity index (χ0) is 33.4. The lowest BCUT2D eigenvalue weighted by molar-refractivity contribution is 0.440. The second-order valence-electron chi connectivity index (χ2n) is 15.4. The highest BCUT2D eigenvalue weighted by molar-refractivity contribution is 8.01. The van der Waals surface area contributed by atoms with Crippen molar-refractivity contribution in [2.45, 2.75) is 99.9 Å². The van der Waals surface area contributed by atoms with E-state index in [4.69, 9.17) is 0 Å². The molecule has 0 bridgehead atoms. The third-order valence-corrected chi connectivity index (χ3v) is 11.0. The number of phenols is 2. The van der Waals surface area contributed by atoms with Crippen molar-refractivity contribution in [3.8, 4) is 22.6 Å². The topological polar surface area (TPSA) is 40.5 Å². The normalized spacial score (nSPS) is 12.5. The average molecular weight is 649 g/mol. The molecule has 4 heteroatoms. The van der Waals surface area contributed by atoms with Gasteiger partial charge in [-0.3, -0.25) is 0 Å². The van der Waals surface area contributed by atoms with Crippen LogP contribution in [-0.4, -0.2) is 10.2 Å². The number of hydrogen-bond donors (Lipinski definition) is 2. The molecule has 46 heavy (non-hydrogen) atoms. The summed E-state index contributed by atoms with van der Waals surface area (Å²) in [4.78, 5) is 2.34. The van der Waals surface area contributed by atoms with Crippen molar-refractivity contribution in [3.63, 3.8) is 0 Å². The highest BCUT2D eigenvalue weighted by Gasteiger charge is 2.25. The van der Waals surface area contributed by atoms with Crippen molar-refractivity contribution in [1.29, 1.82) is 0 Å². The van der Waals surface area contributed by atoms with Crippen molar-refractivity contribution in [2.75, 3.05) is 0 Å². The SMILES string of the molecule is CC(C)(C)c1cc(CSc2ccccc2SCc2cc(C(C)(C)C)cc(C(C)(C)C)c2O)c(O)c(-c2cccc3ccccc23)c1. The third kappa shape index (κ3) is 7.45. The maximum Gasteiger partial charge on any atom is 0.127 e. The first-order chi connectivity index (χ1) is 21.5. The molecule has 0 unspecified atom stereocenters. The fourth-order valence-corrected chi connectivity index (χ4v) is 7.90. The molecule has 0 aromatic heterocycles. The Hall–Kier alpha value is -3.34. The molecular formula is C42H48O2S2. The quantitative estimate of drug-likeness (QED) is 0.172. The minimum atomic E-state index is -0.160. The Morgan fingerprint density at radius 2 is 1.00 bits per heavy atom. The first kappa shape index (κ1) is 34.0. The van der Waals surface area contributed by atoms with Crippen LogP contribution in [0.15, 0.2) is 101 Å². The van der Waals surface area contributed by atoms with Crippen LogP contribution in [0.4, 0.5) is 0 Å². The Balaban J connectivity index is 1.46. The number of thioether (sulfide) groups is 2. The number of hydrogen-bond acceptors (Lipinski definition) is 4. The van der Waals surface area contributed by atoms with Crippen molar-refractivity contribution < 1.29 is 10.2 Å². The third-order valence-electron chi connectivity index (χ3n) is 8.61. The van der Waals surface area contributed by atoms with Gasteiger partial charge in [0.15, 0.2) is 0 Å². The zero-order valence-electron chi connectivity index (χ0n) is 28.8. The molecule has 2 nitrogen and oxygen atoms in total. The summed E-state index contributed by atoms with van der Waals surface area (Å²) in [5.74, 6) is 2.07. The molecule has 0 radical (unpaired) electrons. The lowest BCUT2D eigenvalue weighted by Gasteiger charge is -2.27. The molecular weight excluding hydrogens is 601 g/mol. The molecule has 0 aliphatic carbocycles. The van der Waals surface area contributed by atoms with Crippen LogP contribution in [0, 0.1) is 0 Å². The van der Waals surface area contributed by atoms with E-state index >= 15 is 0 Å². The summed E-state index contributed by atoms with van der Waals surface area (Å²) >= 11 is 3.51. The first-order valence-corrected chi connectivity index (χ1v) is 18.1. The molecule has 0 aliphatic heterocycles. The smallest absolute Gasteiger partial charge is 0.127 e. The van der Waals surface area contributed by atoms with Crippen LogP contribution in [0.5, 0.6) is 11.5 Å². The molecule has 240 valence electrons. The van der Waals surface area contributed by atoms with Crippen LogP contribution in [0.2, 0.25) is 0 Å². The summed E-state index contributed by atoms with van der Waals surface area (Å²) in [7, 11) is 0. The second-order valence-corrected chi connectivity index (χ2v) is 17.4. The van der Waals surface area contributed by atoms with Crippen LogP contribution in [-0.2, 0) is 27.8 Å². The Labute approximate surface area is 284 Å². The van der Waals surface area contributed by atoms with Crippen LogP contribution >= 0.6 is 23.5 Å². The standard InChI is InChI=1S/C42H48O2S2/c1-40(2,3)30-21-28(38(43)34(23-30)33-18-14-16-27-15-10-11-17-32(27)33)25-45-36-19-12-13-20-37(36)46-26-29-22-31(41(4,5)6)24-35(39(29)44)42(7,8)9/h10-24,43-44H,25-26H2,1-9H3. The van der Waals surface area contributed by atoms with E-state index in [1.54, 1.807) is 23.5 Å². The van der Waals surface area contributed by atoms with Gasteiger partial charge in [0.2, 0.25) is 0 Å². The van der Waals surface area contributed by atoms with Gasteiger partial charge in [-0.05, 0) is 67.5 Å². The van der Waals surface area contributed by atoms with Gasteiger partial charge < -0.3 is 10.2 Å². The molecule has 5 aromatic rings. The minimum Gasteiger partial charge on any atom is -0.507 e. The summed E-state index contributed by atoms with van der Waals surface area (Å²) in [6.07, 6.45) is 0. The Morgan fingerprint density at radius 3 is 1.57 bits per heavy atom. The monoisotopic (exact) mass is 648 g/mol. The average Bonchev–Trinajstić information content (AvgIpc) is 2.98. The largest absolute Gasteiger partial charge is 0.507 e. The van der Waals surface area contributed by atoms with E-state index in [1.165, 1.54) is 20.9 Å². The van der Waals surface area contributed by atoms with Crippen LogP contribution in [0.1, 0.15) is 90.1 Å². The highest BCUT2D eigenvalue weighted by atomic mass is 32.2. The van der Waals surface area contributed by atoms with Gasteiger partial charge in [0.25, 0.3) is 0 Å². The molecule has 2 N–H and O–H groups in total. The Morgan fingerprint density at radius 1 is 0.500 bits per heavy atom. The summed E-state index contributed by atoms with van der Waals surface area (Å²) in [5, 5.41) is 25.4. The Kier molecular flexibility index (Phi) is 9.64. The van der Waals surface area contributed by atoms with E-state index in [0.29, 0.717) is 23.0 Å². The van der Waals surface area contributed by atoms with Crippen molar-refractivity contribution in [1.82, 2.24) is 0 Å². The highest BCUT2D eigenvalue weighted by Crippen LogP contribution is 2.44. The van der Waals surface area contributed by atoms with Crippen molar-refractivity contribution >= 4 is 34.3 Å². The van der Waals surface area contributed by atoms with E-state index < -0.39 is 0 Å². The summed E-state index contributed by atoms with van der Waals surface area (Å²) in [5.41, 5.74) is 7.03. The summed E-state index contributed by atoms with van der Waals surface area (Å²) < 4.78 is 0. The first-order valence-electron chi connectivity index (χ1n) is 16.1. The minimum absolute atomic E-state index is 0.0185. The lowest BCUT2D eigenvalue weighted by Crippen LogP contribution is -2.17. The van der Waals surface area contributed by atoms with Crippen LogP contribution < -0.4 is 0 Å².